The molecule has 2 rings (SSSR count). The molecule has 0 aliphatic rings. The summed E-state index contributed by atoms with van der Waals surface area (Å²) in [4.78, 5) is 36.6. The first-order chi connectivity index (χ1) is 11.0. The number of carbonyl (C=O) groups excluding carboxylic acids is 3. The number of benzene rings is 2. The van der Waals surface area contributed by atoms with Crippen molar-refractivity contribution in [3.8, 4) is 0 Å². The average molecular weight is 424 g/mol. The Hall–Kier alpha value is -2.22. The largest absolute Gasteiger partial charge is 0.465 e. The molecule has 0 saturated carbocycles. The molecule has 0 N–H and O–H groups in total. The Bertz CT molecular complexity index is 768. The number of ketones is 1. The quantitative estimate of drug-likeness (QED) is 0.429. The predicted molar refractivity (Wildman–Crippen MR) is 91.7 cm³/mol. The fourth-order valence-corrected chi connectivity index (χ4v) is 2.92. The van der Waals surface area contributed by atoms with Crippen LogP contribution in [0.5, 0.6) is 0 Å². The number of halogens is 1. The van der Waals surface area contributed by atoms with Gasteiger partial charge >= 0.3 is 11.9 Å². The molecule has 23 heavy (non-hydrogen) atoms. The summed E-state index contributed by atoms with van der Waals surface area (Å²) < 4.78 is 9.89. The molecule has 6 heteroatoms. The summed E-state index contributed by atoms with van der Waals surface area (Å²) >= 11 is 1.89. The summed E-state index contributed by atoms with van der Waals surface area (Å²) in [6.07, 6.45) is 0. The van der Waals surface area contributed by atoms with Crippen LogP contribution in [0.15, 0.2) is 42.5 Å². The monoisotopic (exact) mass is 424 g/mol. The smallest absolute Gasteiger partial charge is 0.339 e. The van der Waals surface area contributed by atoms with Crippen LogP contribution < -0.4 is 0 Å². The third-order valence-electron chi connectivity index (χ3n) is 3.18. The van der Waals surface area contributed by atoms with Crippen LogP contribution in [-0.4, -0.2) is 31.9 Å². The number of methoxy groups -OCH3 is 2. The Kier molecular flexibility index (Phi) is 5.49. The molecule has 118 valence electrons. The van der Waals surface area contributed by atoms with E-state index in [4.69, 9.17) is 4.74 Å². The molecule has 0 atom stereocenters. The van der Waals surface area contributed by atoms with Crippen LogP contribution in [0.2, 0.25) is 0 Å². The molecule has 2 aromatic carbocycles. The molecule has 5 nitrogen and oxygen atoms in total. The van der Waals surface area contributed by atoms with Gasteiger partial charge in [0.05, 0.1) is 25.3 Å². The van der Waals surface area contributed by atoms with Crippen LogP contribution >= 0.6 is 22.6 Å². The van der Waals surface area contributed by atoms with Gasteiger partial charge < -0.3 is 9.47 Å². The zero-order valence-corrected chi connectivity index (χ0v) is 14.6. The van der Waals surface area contributed by atoms with Crippen LogP contribution in [0.4, 0.5) is 0 Å². The number of esters is 2. The topological polar surface area (TPSA) is 69.7 Å². The molecule has 0 aliphatic carbocycles. The fourth-order valence-electron chi connectivity index (χ4n) is 2.08. The number of ether oxygens (including phenoxy) is 2. The Morgan fingerprint density at radius 1 is 0.870 bits per heavy atom. The maximum absolute atomic E-state index is 12.7. The minimum atomic E-state index is -0.634. The molecule has 0 fully saturated rings. The highest BCUT2D eigenvalue weighted by atomic mass is 127. The summed E-state index contributed by atoms with van der Waals surface area (Å²) in [5, 5.41) is 0. The van der Waals surface area contributed by atoms with Crippen molar-refractivity contribution in [3.63, 3.8) is 0 Å². The summed E-state index contributed by atoms with van der Waals surface area (Å²) in [6.45, 7) is 0. The molecule has 0 spiro atoms. The van der Waals surface area contributed by atoms with Gasteiger partial charge in [0, 0.05) is 14.7 Å². The Labute approximate surface area is 146 Å². The first kappa shape index (κ1) is 17.1. The van der Waals surface area contributed by atoms with E-state index in [0.29, 0.717) is 9.13 Å². The van der Waals surface area contributed by atoms with Crippen molar-refractivity contribution in [2.45, 2.75) is 0 Å². The second-order valence-corrected chi connectivity index (χ2v) is 5.72. The highest BCUT2D eigenvalue weighted by molar-refractivity contribution is 14.1. The average Bonchev–Trinajstić information content (AvgIpc) is 2.59. The van der Waals surface area contributed by atoms with Gasteiger partial charge in [-0.05, 0) is 34.7 Å². The summed E-state index contributed by atoms with van der Waals surface area (Å²) in [5.74, 6) is -1.58. The van der Waals surface area contributed by atoms with Gasteiger partial charge in [-0.2, -0.15) is 0 Å². The van der Waals surface area contributed by atoms with E-state index in [1.807, 2.05) is 22.6 Å². The SMILES string of the molecule is COC(=O)c1cc(I)c(C(=O)OC)c(C(=O)c2ccccc2)c1. The molecule has 0 aliphatic heterocycles. The van der Waals surface area contributed by atoms with E-state index in [1.54, 1.807) is 30.3 Å². The van der Waals surface area contributed by atoms with E-state index in [1.165, 1.54) is 26.4 Å². The Balaban J connectivity index is 2.67. The Morgan fingerprint density at radius 2 is 1.48 bits per heavy atom. The minimum absolute atomic E-state index is 0.107. The zero-order chi connectivity index (χ0) is 17.0. The van der Waals surface area contributed by atoms with Gasteiger partial charge in [0.25, 0.3) is 0 Å². The van der Waals surface area contributed by atoms with Crippen LogP contribution in [-0.2, 0) is 9.47 Å². The van der Waals surface area contributed by atoms with E-state index in [9.17, 15) is 14.4 Å². The highest BCUT2D eigenvalue weighted by Gasteiger charge is 2.24. The molecular formula is C17H13IO5. The lowest BCUT2D eigenvalue weighted by molar-refractivity contribution is 0.0584. The fraction of sp³-hybridized carbons (Fsp3) is 0.118. The molecule has 2 aromatic rings. The van der Waals surface area contributed by atoms with Crippen molar-refractivity contribution in [1.29, 1.82) is 0 Å². The van der Waals surface area contributed by atoms with Gasteiger partial charge in [-0.1, -0.05) is 30.3 Å². The van der Waals surface area contributed by atoms with Gasteiger partial charge in [-0.15, -0.1) is 0 Å². The Morgan fingerprint density at radius 3 is 2.04 bits per heavy atom. The van der Waals surface area contributed by atoms with E-state index in [2.05, 4.69) is 4.74 Å². The standard InChI is InChI=1S/C17H13IO5/c1-22-16(20)11-8-12(14(13(18)9-11)17(21)23-2)15(19)10-6-4-3-5-7-10/h3-9H,1-2H3. The van der Waals surface area contributed by atoms with Crippen molar-refractivity contribution < 1.29 is 23.9 Å². The number of rotatable bonds is 4. The lowest BCUT2D eigenvalue weighted by atomic mass is 9.96. The zero-order valence-electron chi connectivity index (χ0n) is 12.5. The molecule has 0 radical (unpaired) electrons. The maximum Gasteiger partial charge on any atom is 0.339 e. The normalized spacial score (nSPS) is 10.0. The first-order valence-corrected chi connectivity index (χ1v) is 7.67. The molecule has 0 bridgehead atoms. The highest BCUT2D eigenvalue weighted by Crippen LogP contribution is 2.24. The summed E-state index contributed by atoms with van der Waals surface area (Å²) in [7, 11) is 2.49. The van der Waals surface area contributed by atoms with Crippen molar-refractivity contribution in [3.05, 3.63) is 68.3 Å². The second kappa shape index (κ2) is 7.36. The number of hydrogen-bond acceptors (Lipinski definition) is 5. The second-order valence-electron chi connectivity index (χ2n) is 4.56. The van der Waals surface area contributed by atoms with Gasteiger partial charge in [-0.25, -0.2) is 9.59 Å². The minimum Gasteiger partial charge on any atom is -0.465 e. The van der Waals surface area contributed by atoms with Gasteiger partial charge in [0.15, 0.2) is 5.78 Å². The van der Waals surface area contributed by atoms with Crippen molar-refractivity contribution in [2.75, 3.05) is 14.2 Å². The summed E-state index contributed by atoms with van der Waals surface area (Å²) in [6, 6.07) is 11.4. The van der Waals surface area contributed by atoms with E-state index >= 15 is 0 Å². The van der Waals surface area contributed by atoms with Crippen molar-refractivity contribution in [2.24, 2.45) is 0 Å². The van der Waals surface area contributed by atoms with Crippen LogP contribution in [0.1, 0.15) is 36.6 Å². The lowest BCUT2D eigenvalue weighted by Gasteiger charge is -2.11. The third kappa shape index (κ3) is 3.58. The van der Waals surface area contributed by atoms with Crippen LogP contribution in [0.3, 0.4) is 0 Å². The van der Waals surface area contributed by atoms with Crippen LogP contribution in [0, 0.1) is 3.57 Å². The van der Waals surface area contributed by atoms with Gasteiger partial charge in [-0.3, -0.25) is 4.79 Å². The molecule has 0 heterocycles. The van der Waals surface area contributed by atoms with Crippen molar-refractivity contribution in [1.82, 2.24) is 0 Å². The molecule has 0 amide bonds. The van der Waals surface area contributed by atoms with Gasteiger partial charge in [0.1, 0.15) is 0 Å². The molecule has 0 aromatic heterocycles. The maximum atomic E-state index is 12.7. The van der Waals surface area contributed by atoms with Crippen LogP contribution in [0.25, 0.3) is 0 Å². The number of hydrogen-bond donors (Lipinski definition) is 0. The van der Waals surface area contributed by atoms with Gasteiger partial charge in [0.2, 0.25) is 0 Å². The van der Waals surface area contributed by atoms with E-state index < -0.39 is 11.9 Å². The molecular weight excluding hydrogens is 411 g/mol. The predicted octanol–water partition coefficient (Wildman–Crippen LogP) is 3.10. The summed E-state index contributed by atoms with van der Waals surface area (Å²) in [5.41, 5.74) is 0.851. The first-order valence-electron chi connectivity index (χ1n) is 6.59. The molecule has 0 saturated heterocycles. The van der Waals surface area contributed by atoms with Crippen molar-refractivity contribution >= 4 is 40.3 Å². The number of carbonyl (C=O) groups is 3. The van der Waals surface area contributed by atoms with E-state index in [0.717, 1.165) is 0 Å². The van der Waals surface area contributed by atoms with E-state index in [-0.39, 0.29) is 22.5 Å². The molecule has 0 unspecified atom stereocenters. The lowest BCUT2D eigenvalue weighted by Crippen LogP contribution is -2.15. The third-order valence-corrected chi connectivity index (χ3v) is 4.03.